The number of nitrogens with zero attached hydrogens (tertiary/aromatic N) is 5. The van der Waals surface area contributed by atoms with Crippen LogP contribution in [0.15, 0.2) is 29.1 Å². The Balaban J connectivity index is 1.42. The van der Waals surface area contributed by atoms with Gasteiger partial charge in [-0.1, -0.05) is 43.6 Å². The summed E-state index contributed by atoms with van der Waals surface area (Å²) in [6, 6.07) is -0.968. The van der Waals surface area contributed by atoms with E-state index in [1.54, 1.807) is 33.0 Å². The van der Waals surface area contributed by atoms with Crippen LogP contribution in [0.3, 0.4) is 0 Å². The molecule has 0 aromatic carbocycles. The van der Waals surface area contributed by atoms with Gasteiger partial charge in [-0.05, 0) is 127 Å². The van der Waals surface area contributed by atoms with E-state index in [9.17, 15) is 24.3 Å². The lowest BCUT2D eigenvalue weighted by molar-refractivity contribution is -0.302. The van der Waals surface area contributed by atoms with Crippen LogP contribution < -0.4 is 0 Å². The summed E-state index contributed by atoms with van der Waals surface area (Å²) in [6.45, 7) is 12.5. The van der Waals surface area contributed by atoms with E-state index >= 15 is 0 Å². The molecular formula is C46H73N5O10. The van der Waals surface area contributed by atoms with Gasteiger partial charge in [-0.2, -0.15) is 4.80 Å². The van der Waals surface area contributed by atoms with Crippen molar-refractivity contribution in [3.63, 3.8) is 0 Å². The number of amides is 1. The lowest BCUT2D eigenvalue weighted by atomic mass is 9.76. The van der Waals surface area contributed by atoms with Gasteiger partial charge in [0, 0.05) is 46.1 Å². The van der Waals surface area contributed by atoms with Gasteiger partial charge in [0.1, 0.15) is 17.9 Å². The topological polar surface area (TPSA) is 181 Å². The molecule has 2 saturated heterocycles. The van der Waals surface area contributed by atoms with Crippen molar-refractivity contribution in [1.29, 1.82) is 0 Å². The first-order valence-electron chi connectivity index (χ1n) is 22.8. The molecule has 1 aromatic heterocycles. The van der Waals surface area contributed by atoms with Gasteiger partial charge in [0.25, 0.3) is 11.7 Å². The number of piperidine rings is 1. The number of rotatable bonds is 7. The van der Waals surface area contributed by atoms with E-state index in [2.05, 4.69) is 49.2 Å². The predicted octanol–water partition coefficient (Wildman–Crippen LogP) is 6.15. The molecule has 342 valence electrons. The molecule has 1 saturated carbocycles. The van der Waals surface area contributed by atoms with Gasteiger partial charge in [0.05, 0.1) is 31.0 Å². The van der Waals surface area contributed by atoms with E-state index in [0.29, 0.717) is 57.8 Å². The lowest BCUT2D eigenvalue weighted by Crippen LogP contribution is -2.64. The second-order valence-electron chi connectivity index (χ2n) is 18.4. The molecule has 4 aliphatic rings. The van der Waals surface area contributed by atoms with Crippen LogP contribution in [0.1, 0.15) is 137 Å². The number of methoxy groups -OCH3 is 3. The molecule has 3 fully saturated rings. The molecule has 4 heterocycles. The smallest absolute Gasteiger partial charge is 0.328 e. The van der Waals surface area contributed by atoms with E-state index in [1.165, 1.54) is 22.4 Å². The normalized spacial score (nSPS) is 37.2. The van der Waals surface area contributed by atoms with E-state index in [-0.39, 0.29) is 61.2 Å². The first kappa shape index (κ1) is 48.7. The fourth-order valence-corrected chi connectivity index (χ4v) is 10.5. The molecule has 12 unspecified atom stereocenters. The van der Waals surface area contributed by atoms with Crippen LogP contribution in [-0.4, -0.2) is 124 Å². The van der Waals surface area contributed by atoms with Gasteiger partial charge in [-0.15, -0.1) is 10.2 Å². The van der Waals surface area contributed by atoms with Crippen molar-refractivity contribution < 1.29 is 48.0 Å². The molecule has 12 atom stereocenters. The van der Waals surface area contributed by atoms with Gasteiger partial charge in [-0.25, -0.2) is 4.79 Å². The third-order valence-electron chi connectivity index (χ3n) is 14.4. The van der Waals surface area contributed by atoms with Gasteiger partial charge in [0.15, 0.2) is 6.33 Å². The number of aromatic nitrogens is 4. The molecular weight excluding hydrogens is 783 g/mol. The number of ether oxygens (including phenoxy) is 5. The Bertz CT molecular complexity index is 1700. The highest BCUT2D eigenvalue weighted by molar-refractivity contribution is 6.39. The third kappa shape index (κ3) is 11.6. The zero-order valence-electron chi connectivity index (χ0n) is 38.2. The first-order chi connectivity index (χ1) is 29.2. The monoisotopic (exact) mass is 856 g/mol. The van der Waals surface area contributed by atoms with Gasteiger partial charge in [-0.3, -0.25) is 14.4 Å². The van der Waals surface area contributed by atoms with E-state index in [0.717, 1.165) is 31.3 Å². The Labute approximate surface area is 362 Å². The number of cyclic esters (lactones) is 1. The van der Waals surface area contributed by atoms with Crippen molar-refractivity contribution in [2.75, 3.05) is 34.5 Å². The van der Waals surface area contributed by atoms with Crippen LogP contribution in [0.2, 0.25) is 0 Å². The molecule has 61 heavy (non-hydrogen) atoms. The summed E-state index contributed by atoms with van der Waals surface area (Å²) in [5, 5.41) is 24.3. The van der Waals surface area contributed by atoms with E-state index in [4.69, 9.17) is 23.7 Å². The predicted molar refractivity (Wildman–Crippen MR) is 227 cm³/mol. The average molecular weight is 856 g/mol. The fourth-order valence-electron chi connectivity index (χ4n) is 10.5. The minimum Gasteiger partial charge on any atom is -0.464 e. The van der Waals surface area contributed by atoms with Crippen molar-refractivity contribution in [3.05, 3.63) is 29.1 Å². The lowest BCUT2D eigenvalue weighted by Gasteiger charge is -2.47. The van der Waals surface area contributed by atoms with Gasteiger partial charge >= 0.3 is 5.97 Å². The zero-order chi connectivity index (χ0) is 44.4. The number of Topliss-reactive ketones (excluding diaryl/α,β-unsaturated/α-hetero) is 2. The molecule has 0 spiro atoms. The number of esters is 1. The van der Waals surface area contributed by atoms with Crippen LogP contribution in [0.25, 0.3) is 0 Å². The number of aliphatic hydroxyl groups is 1. The maximum atomic E-state index is 14.2. The summed E-state index contributed by atoms with van der Waals surface area (Å²) in [6.07, 6.45) is 10.3. The van der Waals surface area contributed by atoms with E-state index in [1.807, 2.05) is 6.92 Å². The Morgan fingerprint density at radius 3 is 2.26 bits per heavy atom. The van der Waals surface area contributed by atoms with Crippen LogP contribution in [0.4, 0.5) is 0 Å². The van der Waals surface area contributed by atoms with Gasteiger partial charge in [0.2, 0.25) is 5.79 Å². The zero-order valence-corrected chi connectivity index (χ0v) is 38.2. The average Bonchev–Trinajstić information content (AvgIpc) is 3.81. The minimum atomic E-state index is -2.45. The van der Waals surface area contributed by atoms with Crippen molar-refractivity contribution in [3.8, 4) is 0 Å². The summed E-state index contributed by atoms with van der Waals surface area (Å²) in [5.41, 5.74) is 3.61. The van der Waals surface area contributed by atoms with Crippen LogP contribution in [0, 0.1) is 29.6 Å². The standard InChI is InChI=1S/C46H73N5O10/c1-10-33-23-28(2)22-29(3)24-40(58-8)42-41(59-9)25-30(4)46(56,61-42)43(53)44(54)50-20-12-11-15-37(50)45(55)60-21-19-34(14-13-16-38(33)52)31(5)32(6)35-17-18-36(39(26-35)57-7)51-48-27-47-49-51/h23,27,29-30,33-37,39-42,56H,10-22,24-26H2,1-9H3/b28-23+,32-31+. The largest absolute Gasteiger partial charge is 0.464 e. The number of allylic oxidation sites excluding steroid dienone is 4. The number of ketones is 2. The van der Waals surface area contributed by atoms with Crippen molar-refractivity contribution in [2.24, 2.45) is 29.6 Å². The number of hydrogen-bond donors (Lipinski definition) is 1. The molecule has 1 amide bonds. The Morgan fingerprint density at radius 2 is 1.59 bits per heavy atom. The molecule has 0 radical (unpaired) electrons. The second-order valence-corrected chi connectivity index (χ2v) is 18.4. The molecule has 1 aromatic rings. The summed E-state index contributed by atoms with van der Waals surface area (Å²) in [4.78, 5) is 58.9. The highest BCUT2D eigenvalue weighted by Gasteiger charge is 2.56. The summed E-state index contributed by atoms with van der Waals surface area (Å²) in [7, 11) is 4.84. The fraction of sp³-hybridized carbons (Fsp3) is 0.804. The van der Waals surface area contributed by atoms with Crippen LogP contribution in [-0.2, 0) is 42.9 Å². The Kier molecular flexibility index (Phi) is 17.8. The molecule has 5 rings (SSSR count). The molecule has 1 N–H and O–H groups in total. The molecule has 2 bridgehead atoms. The maximum absolute atomic E-state index is 14.2. The van der Waals surface area contributed by atoms with Crippen LogP contribution in [0.5, 0.6) is 0 Å². The van der Waals surface area contributed by atoms with Crippen molar-refractivity contribution >= 4 is 23.4 Å². The summed E-state index contributed by atoms with van der Waals surface area (Å²) >= 11 is 0. The molecule has 1 aliphatic carbocycles. The summed E-state index contributed by atoms with van der Waals surface area (Å²) in [5.74, 6) is -5.45. The Morgan fingerprint density at radius 1 is 0.885 bits per heavy atom. The van der Waals surface area contributed by atoms with Crippen molar-refractivity contribution in [2.45, 2.75) is 174 Å². The second kappa shape index (κ2) is 22.3. The highest BCUT2D eigenvalue weighted by Crippen LogP contribution is 2.41. The number of carbonyl (C=O) groups excluding carboxylic acids is 4. The molecule has 15 nitrogen and oxygen atoms in total. The third-order valence-corrected chi connectivity index (χ3v) is 14.4. The number of tetrazole rings is 1. The summed E-state index contributed by atoms with van der Waals surface area (Å²) < 4.78 is 30.0. The number of hydrogen-bond acceptors (Lipinski definition) is 13. The first-order valence-corrected chi connectivity index (χ1v) is 22.8. The molecule has 3 aliphatic heterocycles. The quantitative estimate of drug-likeness (QED) is 0.188. The number of fused-ring (bicyclic) bond motifs is 3. The van der Waals surface area contributed by atoms with Crippen molar-refractivity contribution in [1.82, 2.24) is 25.1 Å². The minimum absolute atomic E-state index is 0.00278. The molecule has 15 heteroatoms. The van der Waals surface area contributed by atoms with Crippen LogP contribution >= 0.6 is 0 Å². The van der Waals surface area contributed by atoms with Gasteiger partial charge < -0.3 is 33.7 Å². The number of carbonyl (C=O) groups is 4. The Hall–Kier alpha value is -3.37. The maximum Gasteiger partial charge on any atom is 0.328 e. The van der Waals surface area contributed by atoms with E-state index < -0.39 is 53.7 Å². The SMILES string of the molecule is CCC1/C=C(\C)CC(C)CC(OC)C2OC(O)(C(=O)C(=O)N3CCCCC3C(=O)OCCC(/C(C)=C(\C)C3CCC(n4ncnn4)C(OC)C3)CCCC1=O)C(C)CC2OC. The highest BCUT2D eigenvalue weighted by atomic mass is 16.7.